The molecule has 104 valence electrons. The highest BCUT2D eigenvalue weighted by molar-refractivity contribution is 5.85. The van der Waals surface area contributed by atoms with Gasteiger partial charge in [-0.2, -0.15) is 5.10 Å². The number of hydrogen-bond acceptors (Lipinski definition) is 5. The highest BCUT2D eigenvalue weighted by Crippen LogP contribution is 2.16. The molecule has 0 spiro atoms. The first-order chi connectivity index (χ1) is 10.1. The number of hydrogen-bond donors (Lipinski definition) is 1. The Hall–Kier alpha value is -3.09. The topological polar surface area (TPSA) is 93.8 Å². The van der Waals surface area contributed by atoms with Gasteiger partial charge in [-0.05, 0) is 25.1 Å². The molecule has 0 aromatic carbocycles. The Morgan fingerprint density at radius 3 is 2.62 bits per heavy atom. The molecule has 0 amide bonds. The van der Waals surface area contributed by atoms with Gasteiger partial charge < -0.3 is 5.11 Å². The van der Waals surface area contributed by atoms with E-state index in [1.165, 1.54) is 10.7 Å². The van der Waals surface area contributed by atoms with Gasteiger partial charge in [0.25, 0.3) is 0 Å². The van der Waals surface area contributed by atoms with Crippen molar-refractivity contribution in [2.75, 3.05) is 0 Å². The normalized spacial score (nSPS) is 10.5. The molecule has 0 fully saturated rings. The third-order valence-corrected chi connectivity index (χ3v) is 2.82. The Balaban J connectivity index is 2.07. The molecule has 0 unspecified atom stereocenters. The second-order valence-corrected chi connectivity index (χ2v) is 4.38. The van der Waals surface area contributed by atoms with Crippen molar-refractivity contribution in [3.05, 3.63) is 54.2 Å². The highest BCUT2D eigenvalue weighted by Gasteiger charge is 2.10. The van der Waals surface area contributed by atoms with E-state index >= 15 is 0 Å². The fourth-order valence-corrected chi connectivity index (χ4v) is 1.86. The van der Waals surface area contributed by atoms with E-state index in [-0.39, 0.29) is 5.69 Å². The molecule has 7 nitrogen and oxygen atoms in total. The van der Waals surface area contributed by atoms with Gasteiger partial charge in [-0.3, -0.25) is 4.98 Å². The number of rotatable bonds is 3. The lowest BCUT2D eigenvalue weighted by atomic mass is 10.2. The summed E-state index contributed by atoms with van der Waals surface area (Å²) in [6.07, 6.45) is 4.88. The number of carboxylic acids is 1. The van der Waals surface area contributed by atoms with E-state index in [0.717, 1.165) is 11.3 Å². The summed E-state index contributed by atoms with van der Waals surface area (Å²) >= 11 is 0. The van der Waals surface area contributed by atoms with Crippen molar-refractivity contribution >= 4 is 5.97 Å². The van der Waals surface area contributed by atoms with Crippen LogP contribution in [0.15, 0.2) is 42.9 Å². The number of carboxylic acid groups (broad SMARTS) is 1. The Labute approximate surface area is 119 Å². The zero-order valence-electron chi connectivity index (χ0n) is 11.1. The Bertz CT molecular complexity index is 798. The van der Waals surface area contributed by atoms with Gasteiger partial charge in [0.2, 0.25) is 0 Å². The SMILES string of the molecule is Cc1cc(-n2ccc(C(=O)O)n2)nc(-c2ccncc2)n1. The summed E-state index contributed by atoms with van der Waals surface area (Å²) in [6, 6.07) is 6.78. The Kier molecular flexibility index (Phi) is 3.15. The van der Waals surface area contributed by atoms with Crippen LogP contribution < -0.4 is 0 Å². The van der Waals surface area contributed by atoms with Crippen LogP contribution in [0.5, 0.6) is 0 Å². The van der Waals surface area contributed by atoms with Gasteiger partial charge in [0.15, 0.2) is 17.3 Å². The average Bonchev–Trinajstić information content (AvgIpc) is 2.98. The minimum atomic E-state index is -1.08. The standard InChI is InChI=1S/C14H11N5O2/c1-9-8-12(19-7-4-11(18-19)14(20)21)17-13(16-9)10-2-5-15-6-3-10/h2-8H,1H3,(H,20,21). The molecule has 0 radical (unpaired) electrons. The third-order valence-electron chi connectivity index (χ3n) is 2.82. The van der Waals surface area contributed by atoms with E-state index in [1.54, 1.807) is 24.7 Å². The predicted molar refractivity (Wildman–Crippen MR) is 74.1 cm³/mol. The maximum absolute atomic E-state index is 10.9. The first kappa shape index (κ1) is 12.9. The number of pyridine rings is 1. The molecule has 3 aromatic rings. The lowest BCUT2D eigenvalue weighted by molar-refractivity contribution is 0.0690. The molecule has 0 saturated heterocycles. The maximum Gasteiger partial charge on any atom is 0.356 e. The van der Waals surface area contributed by atoms with Crippen LogP contribution in [0.1, 0.15) is 16.2 Å². The minimum absolute atomic E-state index is 0.0308. The summed E-state index contributed by atoms with van der Waals surface area (Å²) in [7, 11) is 0. The molecule has 7 heteroatoms. The van der Waals surface area contributed by atoms with Crippen LogP contribution in [0.2, 0.25) is 0 Å². The lowest BCUT2D eigenvalue weighted by Crippen LogP contribution is -2.05. The molecule has 3 rings (SSSR count). The molecule has 0 aliphatic heterocycles. The summed E-state index contributed by atoms with van der Waals surface area (Å²) < 4.78 is 1.42. The van der Waals surface area contributed by atoms with Gasteiger partial charge >= 0.3 is 5.97 Å². The molecule has 1 N–H and O–H groups in total. The summed E-state index contributed by atoms with van der Waals surface area (Å²) in [6.45, 7) is 1.84. The van der Waals surface area contributed by atoms with E-state index in [4.69, 9.17) is 5.11 Å². The Morgan fingerprint density at radius 1 is 1.19 bits per heavy atom. The molecular weight excluding hydrogens is 270 g/mol. The van der Waals surface area contributed by atoms with E-state index < -0.39 is 5.97 Å². The number of carbonyl (C=O) groups is 1. The zero-order chi connectivity index (χ0) is 14.8. The summed E-state index contributed by atoms with van der Waals surface area (Å²) in [5.41, 5.74) is 1.57. The van der Waals surface area contributed by atoms with Gasteiger partial charge in [-0.15, -0.1) is 0 Å². The monoisotopic (exact) mass is 281 g/mol. The smallest absolute Gasteiger partial charge is 0.356 e. The van der Waals surface area contributed by atoms with Gasteiger partial charge in [-0.1, -0.05) is 0 Å². The lowest BCUT2D eigenvalue weighted by Gasteiger charge is -2.05. The van der Waals surface area contributed by atoms with Gasteiger partial charge in [0.1, 0.15) is 0 Å². The molecule has 0 aliphatic rings. The van der Waals surface area contributed by atoms with Crippen molar-refractivity contribution in [2.24, 2.45) is 0 Å². The second kappa shape index (κ2) is 5.12. The number of aromatic carboxylic acids is 1. The predicted octanol–water partition coefficient (Wildman–Crippen LogP) is 1.73. The zero-order valence-corrected chi connectivity index (χ0v) is 11.1. The van der Waals surface area contributed by atoms with Crippen molar-refractivity contribution in [3.63, 3.8) is 0 Å². The fraction of sp³-hybridized carbons (Fsp3) is 0.0714. The summed E-state index contributed by atoms with van der Waals surface area (Å²) in [5, 5.41) is 12.9. The van der Waals surface area contributed by atoms with Gasteiger partial charge in [0.05, 0.1) is 0 Å². The maximum atomic E-state index is 10.9. The first-order valence-corrected chi connectivity index (χ1v) is 6.19. The van der Waals surface area contributed by atoms with E-state index in [0.29, 0.717) is 11.6 Å². The van der Waals surface area contributed by atoms with Crippen LogP contribution in [-0.4, -0.2) is 35.8 Å². The van der Waals surface area contributed by atoms with Gasteiger partial charge in [-0.25, -0.2) is 19.4 Å². The highest BCUT2D eigenvalue weighted by atomic mass is 16.4. The van der Waals surface area contributed by atoms with Gasteiger partial charge in [0, 0.05) is 35.9 Å². The summed E-state index contributed by atoms with van der Waals surface area (Å²) in [4.78, 5) is 23.6. The molecule has 0 saturated carbocycles. The van der Waals surface area contributed by atoms with Crippen LogP contribution in [-0.2, 0) is 0 Å². The Morgan fingerprint density at radius 2 is 1.95 bits per heavy atom. The summed E-state index contributed by atoms with van der Waals surface area (Å²) in [5.74, 6) is -0.0181. The van der Waals surface area contributed by atoms with Crippen molar-refractivity contribution in [1.82, 2.24) is 24.7 Å². The first-order valence-electron chi connectivity index (χ1n) is 6.19. The number of aromatic nitrogens is 5. The van der Waals surface area contributed by atoms with Crippen LogP contribution in [0, 0.1) is 6.92 Å². The van der Waals surface area contributed by atoms with Crippen LogP contribution in [0.25, 0.3) is 17.2 Å². The fourth-order valence-electron chi connectivity index (χ4n) is 1.86. The number of nitrogens with zero attached hydrogens (tertiary/aromatic N) is 5. The molecule has 3 heterocycles. The van der Waals surface area contributed by atoms with Crippen LogP contribution in [0.3, 0.4) is 0 Å². The molecule has 0 aliphatic carbocycles. The van der Waals surface area contributed by atoms with Crippen molar-refractivity contribution in [1.29, 1.82) is 0 Å². The van der Waals surface area contributed by atoms with Crippen molar-refractivity contribution in [3.8, 4) is 17.2 Å². The largest absolute Gasteiger partial charge is 0.476 e. The average molecular weight is 281 g/mol. The molecule has 21 heavy (non-hydrogen) atoms. The molecule has 0 bridgehead atoms. The third kappa shape index (κ3) is 2.62. The van der Waals surface area contributed by atoms with Crippen LogP contribution >= 0.6 is 0 Å². The van der Waals surface area contributed by atoms with E-state index in [1.807, 2.05) is 19.1 Å². The van der Waals surface area contributed by atoms with Crippen molar-refractivity contribution < 1.29 is 9.90 Å². The quantitative estimate of drug-likeness (QED) is 0.785. The second-order valence-electron chi connectivity index (χ2n) is 4.38. The molecular formula is C14H11N5O2. The van der Waals surface area contributed by atoms with Crippen LogP contribution in [0.4, 0.5) is 0 Å². The minimum Gasteiger partial charge on any atom is -0.476 e. The molecule has 3 aromatic heterocycles. The van der Waals surface area contributed by atoms with E-state index in [9.17, 15) is 4.79 Å². The van der Waals surface area contributed by atoms with Crippen molar-refractivity contribution in [2.45, 2.75) is 6.92 Å². The number of aryl methyl sites for hydroxylation is 1. The molecule has 0 atom stereocenters. The van der Waals surface area contributed by atoms with E-state index in [2.05, 4.69) is 20.1 Å².